The fourth-order valence-electron chi connectivity index (χ4n) is 3.29. The van der Waals surface area contributed by atoms with Crippen molar-refractivity contribution in [2.24, 2.45) is 0 Å². The minimum absolute atomic E-state index is 0.0502. The van der Waals surface area contributed by atoms with Crippen molar-refractivity contribution in [1.82, 2.24) is 10.2 Å². The molecular weight excluding hydrogens is 328 g/mol. The molecule has 0 atom stereocenters. The maximum atomic E-state index is 12.7. The van der Waals surface area contributed by atoms with Crippen LogP contribution in [0.15, 0.2) is 42.5 Å². The molecule has 1 aliphatic rings. The Hall–Kier alpha value is -2.56. The summed E-state index contributed by atoms with van der Waals surface area (Å²) in [5.74, 6) is -0.0502. The molecule has 1 saturated heterocycles. The van der Waals surface area contributed by atoms with E-state index in [0.717, 1.165) is 36.5 Å². The fraction of sp³-hybridized carbons (Fsp3) is 0.429. The summed E-state index contributed by atoms with van der Waals surface area (Å²) in [6, 6.07) is 13.8. The maximum absolute atomic E-state index is 12.7. The first-order chi connectivity index (χ1) is 12.7. The Morgan fingerprint density at radius 3 is 2.62 bits per heavy atom. The molecule has 1 N–H and O–H groups in total. The molecule has 0 unspecified atom stereocenters. The van der Waals surface area contributed by atoms with Gasteiger partial charge in [-0.05, 0) is 36.1 Å². The molecule has 3 rings (SSSR count). The Morgan fingerprint density at radius 1 is 1.12 bits per heavy atom. The monoisotopic (exact) mass is 354 g/mol. The molecule has 0 saturated carbocycles. The molecule has 26 heavy (non-hydrogen) atoms. The molecule has 1 heterocycles. The Morgan fingerprint density at radius 2 is 1.85 bits per heavy atom. The Kier molecular flexibility index (Phi) is 6.10. The van der Waals surface area contributed by atoms with E-state index in [1.165, 1.54) is 0 Å². The highest BCUT2D eigenvalue weighted by atomic mass is 16.6. The number of carbonyl (C=O) groups is 2. The number of unbranched alkanes of at least 4 members (excludes halogenated alkanes) is 1. The largest absolute Gasteiger partial charge is 0.449 e. The SMILES string of the molecule is CCCCOC(=O)N1CCC(NC(=O)c2cccc3ccccc23)CC1. The number of fused-ring (bicyclic) bond motifs is 1. The van der Waals surface area contributed by atoms with Crippen LogP contribution in [0.5, 0.6) is 0 Å². The number of rotatable bonds is 5. The van der Waals surface area contributed by atoms with Crippen LogP contribution in [0.4, 0.5) is 4.79 Å². The summed E-state index contributed by atoms with van der Waals surface area (Å²) in [7, 11) is 0. The van der Waals surface area contributed by atoms with E-state index in [1.54, 1.807) is 4.90 Å². The molecule has 2 amide bonds. The zero-order chi connectivity index (χ0) is 18.4. The van der Waals surface area contributed by atoms with Gasteiger partial charge in [-0.15, -0.1) is 0 Å². The first-order valence-corrected chi connectivity index (χ1v) is 9.39. The van der Waals surface area contributed by atoms with Crippen molar-refractivity contribution in [1.29, 1.82) is 0 Å². The summed E-state index contributed by atoms with van der Waals surface area (Å²) in [6.45, 7) is 3.78. The number of amides is 2. The van der Waals surface area contributed by atoms with Gasteiger partial charge in [0.15, 0.2) is 0 Å². The van der Waals surface area contributed by atoms with Crippen LogP contribution in [0.25, 0.3) is 10.8 Å². The first kappa shape index (κ1) is 18.2. The number of piperidine rings is 1. The number of nitrogens with zero attached hydrogens (tertiary/aromatic N) is 1. The standard InChI is InChI=1S/C21H26N2O3/c1-2-3-15-26-21(25)23-13-11-17(12-14-23)22-20(24)19-10-6-8-16-7-4-5-9-18(16)19/h4-10,17H,2-3,11-15H2,1H3,(H,22,24). The third kappa shape index (κ3) is 4.34. The third-order valence-corrected chi connectivity index (χ3v) is 4.85. The second kappa shape index (κ2) is 8.70. The normalized spacial score (nSPS) is 15.0. The minimum Gasteiger partial charge on any atom is -0.449 e. The molecule has 5 heteroatoms. The van der Waals surface area contributed by atoms with E-state index in [1.807, 2.05) is 42.5 Å². The zero-order valence-electron chi connectivity index (χ0n) is 15.2. The second-order valence-electron chi connectivity index (χ2n) is 6.73. The topological polar surface area (TPSA) is 58.6 Å². The zero-order valence-corrected chi connectivity index (χ0v) is 15.2. The summed E-state index contributed by atoms with van der Waals surface area (Å²) in [4.78, 5) is 26.4. The molecule has 0 radical (unpaired) electrons. The lowest BCUT2D eigenvalue weighted by molar-refractivity contribution is 0.0837. The number of carbonyl (C=O) groups excluding carboxylic acids is 2. The van der Waals surface area contributed by atoms with Gasteiger partial charge in [-0.1, -0.05) is 49.7 Å². The van der Waals surface area contributed by atoms with E-state index in [9.17, 15) is 9.59 Å². The predicted molar refractivity (Wildman–Crippen MR) is 102 cm³/mol. The maximum Gasteiger partial charge on any atom is 0.409 e. The Balaban J connectivity index is 1.54. The molecule has 1 fully saturated rings. The van der Waals surface area contributed by atoms with Crippen LogP contribution in [0.1, 0.15) is 43.0 Å². The lowest BCUT2D eigenvalue weighted by Crippen LogP contribution is -2.46. The lowest BCUT2D eigenvalue weighted by atomic mass is 10.0. The number of nitrogens with one attached hydrogen (secondary N) is 1. The lowest BCUT2D eigenvalue weighted by Gasteiger charge is -2.31. The highest BCUT2D eigenvalue weighted by Gasteiger charge is 2.25. The summed E-state index contributed by atoms with van der Waals surface area (Å²) in [6.07, 6.45) is 3.16. The van der Waals surface area contributed by atoms with Crippen LogP contribution in [-0.2, 0) is 4.74 Å². The van der Waals surface area contributed by atoms with Crippen molar-refractivity contribution in [3.63, 3.8) is 0 Å². The van der Waals surface area contributed by atoms with Gasteiger partial charge in [0.05, 0.1) is 6.61 Å². The molecule has 2 aromatic carbocycles. The van der Waals surface area contributed by atoms with Crippen molar-refractivity contribution in [2.45, 2.75) is 38.6 Å². The second-order valence-corrected chi connectivity index (χ2v) is 6.73. The molecule has 0 spiro atoms. The van der Waals surface area contributed by atoms with Crippen LogP contribution in [-0.4, -0.2) is 42.6 Å². The average molecular weight is 354 g/mol. The molecule has 138 valence electrons. The van der Waals surface area contributed by atoms with Gasteiger partial charge in [-0.3, -0.25) is 4.79 Å². The highest BCUT2D eigenvalue weighted by Crippen LogP contribution is 2.19. The van der Waals surface area contributed by atoms with Crippen LogP contribution < -0.4 is 5.32 Å². The molecule has 0 bridgehead atoms. The summed E-state index contributed by atoms with van der Waals surface area (Å²) >= 11 is 0. The van der Waals surface area contributed by atoms with E-state index in [2.05, 4.69) is 12.2 Å². The van der Waals surface area contributed by atoms with Gasteiger partial charge < -0.3 is 15.0 Å². The summed E-state index contributed by atoms with van der Waals surface area (Å²) in [5, 5.41) is 5.14. The van der Waals surface area contributed by atoms with Gasteiger partial charge in [0, 0.05) is 24.7 Å². The smallest absolute Gasteiger partial charge is 0.409 e. The quantitative estimate of drug-likeness (QED) is 0.827. The Labute approximate surface area is 154 Å². The first-order valence-electron chi connectivity index (χ1n) is 9.39. The van der Waals surface area contributed by atoms with Gasteiger partial charge in [0.25, 0.3) is 5.91 Å². The molecule has 5 nitrogen and oxygen atoms in total. The van der Waals surface area contributed by atoms with Gasteiger partial charge in [-0.2, -0.15) is 0 Å². The number of hydrogen-bond acceptors (Lipinski definition) is 3. The third-order valence-electron chi connectivity index (χ3n) is 4.85. The van der Waals surface area contributed by atoms with E-state index < -0.39 is 0 Å². The van der Waals surface area contributed by atoms with Crippen molar-refractivity contribution in [2.75, 3.05) is 19.7 Å². The average Bonchev–Trinajstić information content (AvgIpc) is 2.68. The van der Waals surface area contributed by atoms with Gasteiger partial charge >= 0.3 is 6.09 Å². The summed E-state index contributed by atoms with van der Waals surface area (Å²) < 4.78 is 5.26. The molecule has 0 aromatic heterocycles. The number of hydrogen-bond donors (Lipinski definition) is 1. The van der Waals surface area contributed by atoms with E-state index in [0.29, 0.717) is 25.3 Å². The van der Waals surface area contributed by atoms with E-state index >= 15 is 0 Å². The van der Waals surface area contributed by atoms with Crippen molar-refractivity contribution < 1.29 is 14.3 Å². The van der Waals surface area contributed by atoms with Gasteiger partial charge in [-0.25, -0.2) is 4.79 Å². The van der Waals surface area contributed by atoms with Gasteiger partial charge in [0.1, 0.15) is 0 Å². The van der Waals surface area contributed by atoms with Crippen LogP contribution >= 0.6 is 0 Å². The van der Waals surface area contributed by atoms with Gasteiger partial charge in [0.2, 0.25) is 0 Å². The van der Waals surface area contributed by atoms with Crippen molar-refractivity contribution in [3.05, 3.63) is 48.0 Å². The molecular formula is C21H26N2O3. The highest BCUT2D eigenvalue weighted by molar-refractivity contribution is 6.07. The number of benzene rings is 2. The van der Waals surface area contributed by atoms with Crippen molar-refractivity contribution in [3.8, 4) is 0 Å². The van der Waals surface area contributed by atoms with Crippen LogP contribution in [0.3, 0.4) is 0 Å². The fourth-order valence-corrected chi connectivity index (χ4v) is 3.29. The Bertz CT molecular complexity index is 761. The minimum atomic E-state index is -0.239. The summed E-state index contributed by atoms with van der Waals surface area (Å²) in [5.41, 5.74) is 0.699. The molecule has 0 aliphatic carbocycles. The van der Waals surface area contributed by atoms with Crippen molar-refractivity contribution >= 4 is 22.8 Å². The predicted octanol–water partition coefficient (Wildman–Crippen LogP) is 3.97. The van der Waals surface area contributed by atoms with Crippen LogP contribution in [0.2, 0.25) is 0 Å². The van der Waals surface area contributed by atoms with E-state index in [-0.39, 0.29) is 18.0 Å². The molecule has 2 aromatic rings. The molecule has 1 aliphatic heterocycles. The number of ether oxygens (including phenoxy) is 1. The number of likely N-dealkylation sites (tertiary alicyclic amines) is 1. The van der Waals surface area contributed by atoms with Crippen LogP contribution in [0, 0.1) is 0 Å². The van der Waals surface area contributed by atoms with E-state index in [4.69, 9.17) is 4.74 Å².